The Morgan fingerprint density at radius 2 is 2.06 bits per heavy atom. The SMILES string of the molecule is COc1nccnc1-c1cncc(C=O)c1. The Bertz CT molecular complexity index is 514. The molecule has 2 aromatic rings. The number of carbonyl (C=O) groups excluding carboxylic acids is 1. The molecule has 5 heteroatoms. The van der Waals surface area contributed by atoms with Crippen LogP contribution in [0.4, 0.5) is 0 Å². The van der Waals surface area contributed by atoms with E-state index in [2.05, 4.69) is 15.0 Å². The van der Waals surface area contributed by atoms with Crippen LogP contribution in [0.2, 0.25) is 0 Å². The topological polar surface area (TPSA) is 65.0 Å². The second kappa shape index (κ2) is 4.48. The van der Waals surface area contributed by atoms with Crippen LogP contribution in [0.1, 0.15) is 10.4 Å². The summed E-state index contributed by atoms with van der Waals surface area (Å²) in [5.74, 6) is 0.410. The van der Waals surface area contributed by atoms with Gasteiger partial charge in [0, 0.05) is 35.9 Å². The first-order valence-electron chi connectivity index (χ1n) is 4.60. The molecule has 0 aliphatic rings. The number of rotatable bonds is 3. The molecule has 16 heavy (non-hydrogen) atoms. The first-order valence-corrected chi connectivity index (χ1v) is 4.60. The Morgan fingerprint density at radius 3 is 2.81 bits per heavy atom. The predicted octanol–water partition coefficient (Wildman–Crippen LogP) is 1.36. The fraction of sp³-hybridized carbons (Fsp3) is 0.0909. The van der Waals surface area contributed by atoms with Gasteiger partial charge in [0.25, 0.3) is 0 Å². The number of aldehydes is 1. The third-order valence-electron chi connectivity index (χ3n) is 2.03. The number of methoxy groups -OCH3 is 1. The van der Waals surface area contributed by atoms with Crippen LogP contribution in [0.15, 0.2) is 30.9 Å². The van der Waals surface area contributed by atoms with Crippen molar-refractivity contribution in [1.29, 1.82) is 0 Å². The van der Waals surface area contributed by atoms with Gasteiger partial charge >= 0.3 is 0 Å². The molecular formula is C11H9N3O2. The van der Waals surface area contributed by atoms with Crippen LogP contribution in [-0.4, -0.2) is 28.3 Å². The van der Waals surface area contributed by atoms with Crippen LogP contribution in [0.25, 0.3) is 11.3 Å². The summed E-state index contributed by atoms with van der Waals surface area (Å²) in [5, 5.41) is 0. The van der Waals surface area contributed by atoms with Gasteiger partial charge in [0.2, 0.25) is 5.88 Å². The highest BCUT2D eigenvalue weighted by atomic mass is 16.5. The Morgan fingerprint density at radius 1 is 1.25 bits per heavy atom. The third-order valence-corrected chi connectivity index (χ3v) is 2.03. The summed E-state index contributed by atoms with van der Waals surface area (Å²) < 4.78 is 5.08. The maximum Gasteiger partial charge on any atom is 0.240 e. The average molecular weight is 215 g/mol. The molecule has 0 atom stereocenters. The van der Waals surface area contributed by atoms with E-state index in [1.807, 2.05) is 0 Å². The zero-order valence-corrected chi connectivity index (χ0v) is 8.62. The summed E-state index contributed by atoms with van der Waals surface area (Å²) in [6, 6.07) is 1.69. The van der Waals surface area contributed by atoms with Crippen LogP contribution in [0.5, 0.6) is 5.88 Å². The molecule has 0 bridgehead atoms. The van der Waals surface area contributed by atoms with E-state index in [0.29, 0.717) is 22.7 Å². The lowest BCUT2D eigenvalue weighted by Crippen LogP contribution is -1.95. The van der Waals surface area contributed by atoms with Crippen LogP contribution in [0.3, 0.4) is 0 Å². The number of pyridine rings is 1. The van der Waals surface area contributed by atoms with Crippen molar-refractivity contribution in [3.8, 4) is 17.1 Å². The molecule has 80 valence electrons. The Hall–Kier alpha value is -2.30. The van der Waals surface area contributed by atoms with Crippen molar-refractivity contribution >= 4 is 6.29 Å². The van der Waals surface area contributed by atoms with Crippen molar-refractivity contribution in [2.75, 3.05) is 7.11 Å². The van der Waals surface area contributed by atoms with E-state index in [-0.39, 0.29) is 0 Å². The first-order chi connectivity index (χ1) is 7.85. The third kappa shape index (κ3) is 1.88. The molecule has 0 unspecified atom stereocenters. The summed E-state index contributed by atoms with van der Waals surface area (Å²) in [6.45, 7) is 0. The molecular weight excluding hydrogens is 206 g/mol. The molecule has 0 aliphatic carbocycles. The molecule has 0 amide bonds. The van der Waals surface area contributed by atoms with Gasteiger partial charge < -0.3 is 4.74 Å². The van der Waals surface area contributed by atoms with Gasteiger partial charge in [-0.25, -0.2) is 9.97 Å². The number of carbonyl (C=O) groups is 1. The molecule has 0 aromatic carbocycles. The number of nitrogens with zero attached hydrogens (tertiary/aromatic N) is 3. The van der Waals surface area contributed by atoms with E-state index in [0.717, 1.165) is 6.29 Å². The fourth-order valence-electron chi connectivity index (χ4n) is 1.32. The normalized spacial score (nSPS) is 9.81. The van der Waals surface area contributed by atoms with Gasteiger partial charge in [0.1, 0.15) is 5.69 Å². The molecule has 0 radical (unpaired) electrons. The van der Waals surface area contributed by atoms with Crippen molar-refractivity contribution in [2.24, 2.45) is 0 Å². The highest BCUT2D eigenvalue weighted by molar-refractivity contribution is 5.77. The molecule has 0 spiro atoms. The van der Waals surface area contributed by atoms with E-state index in [9.17, 15) is 4.79 Å². The largest absolute Gasteiger partial charge is 0.479 e. The van der Waals surface area contributed by atoms with Crippen LogP contribution in [0, 0.1) is 0 Å². The number of ether oxygens (including phenoxy) is 1. The number of hydrogen-bond acceptors (Lipinski definition) is 5. The van der Waals surface area contributed by atoms with Crippen molar-refractivity contribution in [2.45, 2.75) is 0 Å². The summed E-state index contributed by atoms with van der Waals surface area (Å²) in [5.41, 5.74) is 1.76. The number of hydrogen-bond donors (Lipinski definition) is 0. The quantitative estimate of drug-likeness (QED) is 0.723. The first kappa shape index (κ1) is 10.2. The summed E-state index contributed by atoms with van der Waals surface area (Å²) in [4.78, 5) is 22.8. The smallest absolute Gasteiger partial charge is 0.240 e. The molecule has 0 N–H and O–H groups in total. The molecule has 0 aliphatic heterocycles. The van der Waals surface area contributed by atoms with Crippen LogP contribution < -0.4 is 4.74 Å². The molecule has 2 aromatic heterocycles. The van der Waals surface area contributed by atoms with E-state index in [1.54, 1.807) is 24.7 Å². The summed E-state index contributed by atoms with van der Waals surface area (Å²) in [6.07, 6.45) is 6.93. The van der Waals surface area contributed by atoms with Crippen molar-refractivity contribution in [3.63, 3.8) is 0 Å². The molecule has 0 saturated carbocycles. The van der Waals surface area contributed by atoms with Crippen molar-refractivity contribution in [3.05, 3.63) is 36.4 Å². The second-order valence-electron chi connectivity index (χ2n) is 3.04. The Kier molecular flexibility index (Phi) is 2.86. The minimum Gasteiger partial charge on any atom is -0.479 e. The minimum atomic E-state index is 0.410. The maximum absolute atomic E-state index is 10.6. The fourth-order valence-corrected chi connectivity index (χ4v) is 1.32. The van der Waals surface area contributed by atoms with E-state index < -0.39 is 0 Å². The summed E-state index contributed by atoms with van der Waals surface area (Å²) >= 11 is 0. The van der Waals surface area contributed by atoms with Crippen molar-refractivity contribution < 1.29 is 9.53 Å². The van der Waals surface area contributed by atoms with Gasteiger partial charge in [-0.3, -0.25) is 9.78 Å². The number of aromatic nitrogens is 3. The van der Waals surface area contributed by atoms with Gasteiger partial charge in [0.05, 0.1) is 7.11 Å². The standard InChI is InChI=1S/C11H9N3O2/c1-16-11-10(13-2-3-14-11)9-4-8(7-15)5-12-6-9/h2-7H,1H3. The maximum atomic E-state index is 10.6. The van der Waals surface area contributed by atoms with E-state index in [4.69, 9.17) is 4.74 Å². The van der Waals surface area contributed by atoms with Crippen molar-refractivity contribution in [1.82, 2.24) is 15.0 Å². The molecule has 2 rings (SSSR count). The van der Waals surface area contributed by atoms with E-state index in [1.165, 1.54) is 13.3 Å². The van der Waals surface area contributed by atoms with Crippen LogP contribution >= 0.6 is 0 Å². The molecule has 2 heterocycles. The van der Waals surface area contributed by atoms with E-state index >= 15 is 0 Å². The molecule has 0 saturated heterocycles. The predicted molar refractivity (Wildman–Crippen MR) is 57.2 cm³/mol. The Labute approximate surface area is 92.2 Å². The molecule has 0 fully saturated rings. The minimum absolute atomic E-state index is 0.410. The molecule has 5 nitrogen and oxygen atoms in total. The second-order valence-corrected chi connectivity index (χ2v) is 3.04. The zero-order valence-electron chi connectivity index (χ0n) is 8.62. The van der Waals surface area contributed by atoms with Gasteiger partial charge in [-0.2, -0.15) is 0 Å². The average Bonchev–Trinajstić information content (AvgIpc) is 2.38. The highest BCUT2D eigenvalue weighted by Crippen LogP contribution is 2.24. The lowest BCUT2D eigenvalue weighted by molar-refractivity contribution is 0.112. The zero-order chi connectivity index (χ0) is 11.4. The Balaban J connectivity index is 2.53. The van der Waals surface area contributed by atoms with Gasteiger partial charge in [-0.1, -0.05) is 0 Å². The highest BCUT2D eigenvalue weighted by Gasteiger charge is 2.08. The summed E-state index contributed by atoms with van der Waals surface area (Å²) in [7, 11) is 1.52. The van der Waals surface area contributed by atoms with Gasteiger partial charge in [-0.15, -0.1) is 0 Å². The van der Waals surface area contributed by atoms with Gasteiger partial charge in [0.15, 0.2) is 6.29 Å². The lowest BCUT2D eigenvalue weighted by Gasteiger charge is -2.05. The monoisotopic (exact) mass is 215 g/mol. The van der Waals surface area contributed by atoms with Gasteiger partial charge in [-0.05, 0) is 6.07 Å². The van der Waals surface area contributed by atoms with Crippen LogP contribution in [-0.2, 0) is 0 Å². The lowest BCUT2D eigenvalue weighted by atomic mass is 10.1.